The summed E-state index contributed by atoms with van der Waals surface area (Å²) in [5, 5.41) is 24.4. The van der Waals surface area contributed by atoms with Crippen LogP contribution in [0, 0.1) is 0 Å². The first kappa shape index (κ1) is 15.3. The summed E-state index contributed by atoms with van der Waals surface area (Å²) in [5.74, 6) is -3.87. The second-order valence-corrected chi connectivity index (χ2v) is 3.76. The van der Waals surface area contributed by atoms with Gasteiger partial charge in [-0.25, -0.2) is 19.2 Å². The number of benzene rings is 1. The van der Waals surface area contributed by atoms with Crippen LogP contribution in [0.5, 0.6) is 0 Å². The lowest BCUT2D eigenvalue weighted by Crippen LogP contribution is -2.13. The van der Waals surface area contributed by atoms with Crippen molar-refractivity contribution in [1.82, 2.24) is 0 Å². The van der Waals surface area contributed by atoms with E-state index in [1.807, 2.05) is 0 Å². The van der Waals surface area contributed by atoms with Crippen LogP contribution in [0.15, 0.2) is 18.2 Å². The van der Waals surface area contributed by atoms with E-state index in [0.29, 0.717) is 0 Å². The molecule has 0 saturated carbocycles. The third kappa shape index (κ3) is 3.39. The Balaban J connectivity index is 0.000000286. The second-order valence-electron chi connectivity index (χ2n) is 3.76. The number of carboxylic acids is 2. The molecule has 0 radical (unpaired) electrons. The van der Waals surface area contributed by atoms with E-state index in [2.05, 4.69) is 4.74 Å². The smallest absolute Gasteiger partial charge is 0.346 e. The third-order valence-electron chi connectivity index (χ3n) is 2.25. The van der Waals surface area contributed by atoms with E-state index in [1.165, 1.54) is 19.1 Å². The number of rotatable bonds is 2. The predicted molar refractivity (Wildman–Crippen MR) is 62.5 cm³/mol. The fraction of sp³-hybridized carbons (Fsp3) is 0.167. The number of aliphatic hydroxyl groups is 1. The minimum Gasteiger partial charge on any atom is -0.479 e. The number of aliphatic hydroxyl groups excluding tert-OH is 1. The van der Waals surface area contributed by atoms with Crippen molar-refractivity contribution in [3.8, 4) is 0 Å². The molecule has 0 bridgehead atoms. The van der Waals surface area contributed by atoms with Gasteiger partial charge in [-0.3, -0.25) is 0 Å². The van der Waals surface area contributed by atoms with Crippen molar-refractivity contribution in [3.63, 3.8) is 0 Å². The molecule has 0 saturated heterocycles. The molecule has 1 aliphatic heterocycles. The number of ether oxygens (including phenoxy) is 1. The number of esters is 2. The molecule has 8 nitrogen and oxygen atoms in total. The number of aromatic carboxylic acids is 1. The fourth-order valence-electron chi connectivity index (χ4n) is 1.22. The second kappa shape index (κ2) is 5.93. The van der Waals surface area contributed by atoms with E-state index in [9.17, 15) is 19.2 Å². The summed E-state index contributed by atoms with van der Waals surface area (Å²) < 4.78 is 4.30. The molecule has 2 rings (SSSR count). The monoisotopic (exact) mass is 282 g/mol. The van der Waals surface area contributed by atoms with E-state index in [0.717, 1.165) is 6.07 Å². The maximum Gasteiger partial charge on any atom is 0.346 e. The molecule has 1 aromatic carbocycles. The number of fused-ring (bicyclic) bond motifs is 1. The minimum absolute atomic E-state index is 0.00917. The van der Waals surface area contributed by atoms with Crippen LogP contribution < -0.4 is 0 Å². The molecule has 1 aliphatic rings. The number of cyclic esters (lactones) is 2. The molecule has 0 spiro atoms. The summed E-state index contributed by atoms with van der Waals surface area (Å²) in [6, 6.07) is 3.65. The topological polar surface area (TPSA) is 138 Å². The van der Waals surface area contributed by atoms with Gasteiger partial charge in [0.05, 0.1) is 16.7 Å². The summed E-state index contributed by atoms with van der Waals surface area (Å²) >= 11 is 0. The SMILES string of the molecule is CC(O)C(=O)O.O=C(O)c1ccc2c(c1)C(=O)OC2=O. The van der Waals surface area contributed by atoms with Crippen LogP contribution in [0.3, 0.4) is 0 Å². The average molecular weight is 282 g/mol. The summed E-state index contributed by atoms with van der Waals surface area (Å²) in [6.45, 7) is 1.20. The highest BCUT2D eigenvalue weighted by Gasteiger charge is 2.30. The normalized spacial score (nSPS) is 13.7. The quantitative estimate of drug-likeness (QED) is 0.514. The van der Waals surface area contributed by atoms with Crippen molar-refractivity contribution in [2.24, 2.45) is 0 Å². The lowest BCUT2D eigenvalue weighted by Gasteiger charge is -1.94. The molecule has 1 heterocycles. The number of carbonyl (C=O) groups excluding carboxylic acids is 2. The average Bonchev–Trinajstić information content (AvgIpc) is 2.65. The first-order valence-corrected chi connectivity index (χ1v) is 5.28. The summed E-state index contributed by atoms with van der Waals surface area (Å²) in [6.07, 6.45) is -1.23. The van der Waals surface area contributed by atoms with Crippen LogP contribution in [-0.4, -0.2) is 45.3 Å². The van der Waals surface area contributed by atoms with Gasteiger partial charge in [-0.1, -0.05) is 0 Å². The summed E-state index contributed by atoms with van der Waals surface area (Å²) in [5.41, 5.74) is 0.0744. The molecule has 1 aromatic rings. The Morgan fingerprint density at radius 2 is 1.60 bits per heavy atom. The van der Waals surface area contributed by atoms with Crippen LogP contribution in [-0.2, 0) is 9.53 Å². The lowest BCUT2D eigenvalue weighted by atomic mass is 10.1. The molecular formula is C12H10O8. The van der Waals surface area contributed by atoms with Gasteiger partial charge in [-0.2, -0.15) is 0 Å². The lowest BCUT2D eigenvalue weighted by molar-refractivity contribution is -0.145. The van der Waals surface area contributed by atoms with Gasteiger partial charge in [-0.05, 0) is 25.1 Å². The predicted octanol–water partition coefficient (Wildman–Crippen LogP) is 0.147. The van der Waals surface area contributed by atoms with Crippen molar-refractivity contribution < 1.29 is 39.2 Å². The van der Waals surface area contributed by atoms with Crippen LogP contribution >= 0.6 is 0 Å². The standard InChI is InChI=1S/C9H4O5.C3H6O3/c10-7(11)4-1-2-5-6(3-4)9(13)14-8(5)12;1-2(4)3(5)6/h1-3H,(H,10,11);2,4H,1H3,(H,5,6). The van der Waals surface area contributed by atoms with E-state index in [1.54, 1.807) is 0 Å². The van der Waals surface area contributed by atoms with Crippen molar-refractivity contribution in [1.29, 1.82) is 0 Å². The van der Waals surface area contributed by atoms with Gasteiger partial charge in [0, 0.05) is 0 Å². The Kier molecular flexibility index (Phi) is 4.54. The molecule has 106 valence electrons. The molecule has 3 N–H and O–H groups in total. The number of hydrogen-bond acceptors (Lipinski definition) is 6. The summed E-state index contributed by atoms with van der Waals surface area (Å²) in [7, 11) is 0. The third-order valence-corrected chi connectivity index (χ3v) is 2.25. The Hall–Kier alpha value is -2.74. The van der Waals surface area contributed by atoms with E-state index < -0.39 is 30.0 Å². The maximum absolute atomic E-state index is 11.0. The molecule has 1 atom stereocenters. The highest BCUT2D eigenvalue weighted by molar-refractivity contribution is 6.15. The zero-order valence-electron chi connectivity index (χ0n) is 10.2. The van der Waals surface area contributed by atoms with Gasteiger partial charge in [-0.15, -0.1) is 0 Å². The molecule has 1 unspecified atom stereocenters. The molecule has 20 heavy (non-hydrogen) atoms. The molecule has 0 aromatic heterocycles. The Bertz CT molecular complexity index is 587. The van der Waals surface area contributed by atoms with Gasteiger partial charge >= 0.3 is 23.9 Å². The first-order valence-electron chi connectivity index (χ1n) is 5.28. The number of carbonyl (C=O) groups is 4. The zero-order valence-corrected chi connectivity index (χ0v) is 10.2. The zero-order chi connectivity index (χ0) is 15.4. The number of aliphatic carboxylic acids is 1. The van der Waals surface area contributed by atoms with Gasteiger partial charge < -0.3 is 20.1 Å². The highest BCUT2D eigenvalue weighted by Crippen LogP contribution is 2.20. The highest BCUT2D eigenvalue weighted by atomic mass is 16.6. The molecule has 0 aliphatic carbocycles. The first-order chi connectivity index (χ1) is 9.23. The van der Waals surface area contributed by atoms with Gasteiger partial charge in [0.2, 0.25) is 0 Å². The number of carboxylic acid groups (broad SMARTS) is 2. The van der Waals surface area contributed by atoms with Crippen LogP contribution in [0.4, 0.5) is 0 Å². The van der Waals surface area contributed by atoms with E-state index >= 15 is 0 Å². The maximum atomic E-state index is 11.0. The number of hydrogen-bond donors (Lipinski definition) is 3. The van der Waals surface area contributed by atoms with Crippen molar-refractivity contribution in [3.05, 3.63) is 34.9 Å². The molecule has 0 amide bonds. The Morgan fingerprint density at radius 1 is 1.10 bits per heavy atom. The fourth-order valence-corrected chi connectivity index (χ4v) is 1.22. The molecule has 8 heteroatoms. The summed E-state index contributed by atoms with van der Waals surface area (Å²) in [4.78, 5) is 42.0. The van der Waals surface area contributed by atoms with Gasteiger partial charge in [0.15, 0.2) is 0 Å². The van der Waals surface area contributed by atoms with E-state index in [4.69, 9.17) is 15.3 Å². The van der Waals surface area contributed by atoms with Crippen molar-refractivity contribution >= 4 is 23.9 Å². The van der Waals surface area contributed by atoms with Gasteiger partial charge in [0.25, 0.3) is 0 Å². The molecular weight excluding hydrogens is 272 g/mol. The Morgan fingerprint density at radius 3 is 2.05 bits per heavy atom. The molecule has 0 fully saturated rings. The van der Waals surface area contributed by atoms with Gasteiger partial charge in [0.1, 0.15) is 6.10 Å². The van der Waals surface area contributed by atoms with Crippen molar-refractivity contribution in [2.45, 2.75) is 13.0 Å². The van der Waals surface area contributed by atoms with Crippen LogP contribution in [0.2, 0.25) is 0 Å². The minimum atomic E-state index is -1.23. The largest absolute Gasteiger partial charge is 0.479 e. The van der Waals surface area contributed by atoms with E-state index in [-0.39, 0.29) is 16.7 Å². The van der Waals surface area contributed by atoms with Crippen LogP contribution in [0.1, 0.15) is 38.0 Å². The van der Waals surface area contributed by atoms with Crippen molar-refractivity contribution in [2.75, 3.05) is 0 Å². The Labute approximate surface area is 112 Å². The van der Waals surface area contributed by atoms with Crippen LogP contribution in [0.25, 0.3) is 0 Å².